The van der Waals surface area contributed by atoms with Crippen molar-refractivity contribution in [1.29, 1.82) is 0 Å². The molecule has 1 unspecified atom stereocenters. The summed E-state index contributed by atoms with van der Waals surface area (Å²) in [5.41, 5.74) is 0. The minimum absolute atomic E-state index is 0.386. The first kappa shape index (κ1) is 11.6. The predicted octanol–water partition coefficient (Wildman–Crippen LogP) is 0.447. The first-order valence-electron chi connectivity index (χ1n) is 6.49. The van der Waals surface area contributed by atoms with Gasteiger partial charge in [0.05, 0.1) is 12.6 Å². The van der Waals surface area contributed by atoms with E-state index in [0.717, 1.165) is 44.5 Å². The van der Waals surface area contributed by atoms with Crippen molar-refractivity contribution >= 4 is 5.97 Å². The number of carboxylic acid groups (broad SMARTS) is 1. The zero-order valence-electron chi connectivity index (χ0n) is 10.2. The number of aromatic nitrogens is 4. The summed E-state index contributed by atoms with van der Waals surface area (Å²) in [5.74, 6) is 0.0609. The minimum Gasteiger partial charge on any atom is -0.480 e. The Hall–Kier alpha value is -1.50. The average molecular weight is 251 g/mol. The number of likely N-dealkylation sites (tertiary alicyclic amines) is 1. The third-order valence-corrected chi connectivity index (χ3v) is 3.70. The van der Waals surface area contributed by atoms with Crippen molar-refractivity contribution < 1.29 is 9.90 Å². The normalized spacial score (nSPS) is 25.2. The molecule has 98 valence electrons. The van der Waals surface area contributed by atoms with E-state index >= 15 is 0 Å². The summed E-state index contributed by atoms with van der Waals surface area (Å²) in [6.07, 6.45) is 5.01. The summed E-state index contributed by atoms with van der Waals surface area (Å²) in [6.45, 7) is 1.36. The highest BCUT2D eigenvalue weighted by Gasteiger charge is 2.32. The second kappa shape index (κ2) is 4.64. The Morgan fingerprint density at radius 3 is 2.89 bits per heavy atom. The molecular formula is C11H17N5O2. The number of carbonyl (C=O) groups is 1. The van der Waals surface area contributed by atoms with E-state index in [0.29, 0.717) is 12.6 Å². The quantitative estimate of drug-likeness (QED) is 0.836. The van der Waals surface area contributed by atoms with Crippen molar-refractivity contribution in [3.63, 3.8) is 0 Å². The first-order valence-corrected chi connectivity index (χ1v) is 6.49. The van der Waals surface area contributed by atoms with Crippen LogP contribution in [0.15, 0.2) is 0 Å². The van der Waals surface area contributed by atoms with Crippen LogP contribution in [-0.4, -0.2) is 48.8 Å². The molecular weight excluding hydrogens is 234 g/mol. The van der Waals surface area contributed by atoms with E-state index in [1.165, 1.54) is 0 Å². The summed E-state index contributed by atoms with van der Waals surface area (Å²) in [6, 6.07) is 0.0474. The largest absolute Gasteiger partial charge is 0.480 e. The molecule has 1 aromatic rings. The van der Waals surface area contributed by atoms with Crippen LogP contribution < -0.4 is 0 Å². The van der Waals surface area contributed by atoms with Crippen molar-refractivity contribution in [1.82, 2.24) is 25.1 Å². The first-order chi connectivity index (χ1) is 8.75. The third-order valence-electron chi connectivity index (χ3n) is 3.70. The van der Waals surface area contributed by atoms with Gasteiger partial charge in [-0.25, -0.2) is 4.68 Å². The minimum atomic E-state index is -0.736. The number of hydrogen-bond donors (Lipinski definition) is 1. The van der Waals surface area contributed by atoms with Gasteiger partial charge in [0.1, 0.15) is 6.04 Å². The van der Waals surface area contributed by atoms with Crippen molar-refractivity contribution in [3.05, 3.63) is 5.82 Å². The van der Waals surface area contributed by atoms with Crippen LogP contribution in [0.3, 0.4) is 0 Å². The van der Waals surface area contributed by atoms with Gasteiger partial charge in [-0.2, -0.15) is 0 Å². The summed E-state index contributed by atoms with van der Waals surface area (Å²) in [5, 5.41) is 21.0. The van der Waals surface area contributed by atoms with Gasteiger partial charge in [0.25, 0.3) is 0 Å². The van der Waals surface area contributed by atoms with Gasteiger partial charge in [-0.1, -0.05) is 6.42 Å². The second-order valence-corrected chi connectivity index (χ2v) is 5.09. The summed E-state index contributed by atoms with van der Waals surface area (Å²) < 4.78 is 1.85. The van der Waals surface area contributed by atoms with Crippen molar-refractivity contribution in [2.24, 2.45) is 0 Å². The van der Waals surface area contributed by atoms with Crippen LogP contribution >= 0.6 is 0 Å². The van der Waals surface area contributed by atoms with Crippen LogP contribution in [0.4, 0.5) is 0 Å². The maximum Gasteiger partial charge on any atom is 0.320 e. The Kier molecular flexibility index (Phi) is 2.99. The molecule has 0 aromatic carbocycles. The summed E-state index contributed by atoms with van der Waals surface area (Å²) in [7, 11) is 0. The molecule has 2 heterocycles. The van der Waals surface area contributed by atoms with Gasteiger partial charge in [-0.3, -0.25) is 9.69 Å². The van der Waals surface area contributed by atoms with Gasteiger partial charge in [-0.05, 0) is 42.7 Å². The fourth-order valence-electron chi connectivity index (χ4n) is 2.56. The van der Waals surface area contributed by atoms with E-state index in [9.17, 15) is 9.90 Å². The Balaban J connectivity index is 1.73. The van der Waals surface area contributed by atoms with Gasteiger partial charge in [0, 0.05) is 0 Å². The fraction of sp³-hybridized carbons (Fsp3) is 0.818. The van der Waals surface area contributed by atoms with Gasteiger partial charge < -0.3 is 5.11 Å². The monoisotopic (exact) mass is 251 g/mol. The molecule has 1 aliphatic carbocycles. The molecule has 2 aliphatic rings. The Labute approximate surface area is 105 Å². The molecule has 0 amide bonds. The van der Waals surface area contributed by atoms with Gasteiger partial charge in [0.15, 0.2) is 5.82 Å². The number of carboxylic acids is 1. The molecule has 1 saturated heterocycles. The molecule has 0 radical (unpaired) electrons. The molecule has 3 rings (SSSR count). The Bertz CT molecular complexity index is 442. The Morgan fingerprint density at radius 1 is 1.33 bits per heavy atom. The lowest BCUT2D eigenvalue weighted by atomic mass is 10.0. The van der Waals surface area contributed by atoms with Crippen LogP contribution in [0, 0.1) is 0 Å². The highest BCUT2D eigenvalue weighted by atomic mass is 16.4. The molecule has 2 fully saturated rings. The van der Waals surface area contributed by atoms with E-state index in [-0.39, 0.29) is 6.04 Å². The third kappa shape index (κ3) is 2.22. The van der Waals surface area contributed by atoms with Gasteiger partial charge in [0.2, 0.25) is 0 Å². The van der Waals surface area contributed by atoms with E-state index in [4.69, 9.17) is 0 Å². The topological polar surface area (TPSA) is 84.1 Å². The number of hydrogen-bond acceptors (Lipinski definition) is 5. The molecule has 0 spiro atoms. The SMILES string of the molecule is O=C(O)C1CCCCN1Cc1nnnn1C1CC1. The van der Waals surface area contributed by atoms with Crippen LogP contribution in [0.2, 0.25) is 0 Å². The summed E-state index contributed by atoms with van der Waals surface area (Å²) in [4.78, 5) is 13.2. The van der Waals surface area contributed by atoms with Gasteiger partial charge >= 0.3 is 5.97 Å². The standard InChI is InChI=1S/C11H17N5O2/c17-11(18)9-3-1-2-6-15(9)7-10-12-13-14-16(10)8-4-5-8/h8-9H,1-7H2,(H,17,18). The lowest BCUT2D eigenvalue weighted by Gasteiger charge is -2.32. The maximum absolute atomic E-state index is 11.2. The highest BCUT2D eigenvalue weighted by Crippen LogP contribution is 2.34. The fourth-order valence-corrected chi connectivity index (χ4v) is 2.56. The van der Waals surface area contributed by atoms with Crippen LogP contribution in [-0.2, 0) is 11.3 Å². The lowest BCUT2D eigenvalue weighted by Crippen LogP contribution is -2.44. The molecule has 1 saturated carbocycles. The highest BCUT2D eigenvalue weighted by molar-refractivity contribution is 5.73. The van der Waals surface area contributed by atoms with E-state index in [1.807, 2.05) is 9.58 Å². The predicted molar refractivity (Wildman–Crippen MR) is 61.8 cm³/mol. The van der Waals surface area contributed by atoms with Crippen LogP contribution in [0.1, 0.15) is 44.0 Å². The molecule has 7 nitrogen and oxygen atoms in total. The zero-order chi connectivity index (χ0) is 12.5. The Morgan fingerprint density at radius 2 is 2.17 bits per heavy atom. The molecule has 0 bridgehead atoms. The van der Waals surface area contributed by atoms with Crippen molar-refractivity contribution in [2.75, 3.05) is 6.54 Å². The van der Waals surface area contributed by atoms with E-state index < -0.39 is 5.97 Å². The number of rotatable bonds is 4. The van der Waals surface area contributed by atoms with Crippen LogP contribution in [0.25, 0.3) is 0 Å². The number of nitrogens with zero attached hydrogens (tertiary/aromatic N) is 5. The van der Waals surface area contributed by atoms with Crippen LogP contribution in [0.5, 0.6) is 0 Å². The lowest BCUT2D eigenvalue weighted by molar-refractivity contribution is -0.144. The molecule has 1 N–H and O–H groups in total. The smallest absolute Gasteiger partial charge is 0.320 e. The molecule has 18 heavy (non-hydrogen) atoms. The van der Waals surface area contributed by atoms with Crippen molar-refractivity contribution in [2.45, 2.75) is 50.7 Å². The zero-order valence-corrected chi connectivity index (χ0v) is 10.2. The van der Waals surface area contributed by atoms with E-state index in [1.54, 1.807) is 0 Å². The van der Waals surface area contributed by atoms with Crippen molar-refractivity contribution in [3.8, 4) is 0 Å². The molecule has 1 aromatic heterocycles. The average Bonchev–Trinajstić information content (AvgIpc) is 3.11. The molecule has 1 aliphatic heterocycles. The molecule has 7 heteroatoms. The van der Waals surface area contributed by atoms with Gasteiger partial charge in [-0.15, -0.1) is 5.10 Å². The van der Waals surface area contributed by atoms with E-state index in [2.05, 4.69) is 15.5 Å². The summed E-state index contributed by atoms with van der Waals surface area (Å²) >= 11 is 0. The number of piperidine rings is 1. The molecule has 1 atom stereocenters. The maximum atomic E-state index is 11.2. The number of aliphatic carboxylic acids is 1. The second-order valence-electron chi connectivity index (χ2n) is 5.09. The number of tetrazole rings is 1.